The van der Waals surface area contributed by atoms with Crippen molar-refractivity contribution >= 4 is 5.82 Å². The number of benzene rings is 1. The number of hydrogen-bond donors (Lipinski definition) is 2. The molecular formula is C20H25N5O. The van der Waals surface area contributed by atoms with Gasteiger partial charge in [-0.15, -0.1) is 0 Å². The summed E-state index contributed by atoms with van der Waals surface area (Å²) in [6.07, 6.45) is 1.77. The van der Waals surface area contributed by atoms with Gasteiger partial charge in [0.15, 0.2) is 0 Å². The van der Waals surface area contributed by atoms with Gasteiger partial charge >= 0.3 is 0 Å². The summed E-state index contributed by atoms with van der Waals surface area (Å²) >= 11 is 0. The highest BCUT2D eigenvalue weighted by molar-refractivity contribution is 5.62. The number of anilines is 1. The molecule has 136 valence electrons. The Morgan fingerprint density at radius 3 is 2.69 bits per heavy atom. The van der Waals surface area contributed by atoms with E-state index in [0.717, 1.165) is 59.4 Å². The number of aromatic amines is 1. The Hall–Kier alpha value is -2.89. The molecule has 0 atom stereocenters. The molecule has 0 saturated heterocycles. The maximum Gasteiger partial charge on any atom is 0.130 e. The molecule has 2 aromatic heterocycles. The van der Waals surface area contributed by atoms with Crippen LogP contribution in [0, 0.1) is 13.8 Å². The van der Waals surface area contributed by atoms with Gasteiger partial charge in [0.2, 0.25) is 0 Å². The lowest BCUT2D eigenvalue weighted by atomic mass is 10.1. The normalized spacial score (nSPS) is 10.8. The molecule has 6 nitrogen and oxygen atoms in total. The van der Waals surface area contributed by atoms with Crippen LogP contribution in [0.5, 0.6) is 5.75 Å². The molecule has 0 aliphatic rings. The zero-order chi connectivity index (χ0) is 18.5. The predicted octanol–water partition coefficient (Wildman–Crippen LogP) is 3.71. The van der Waals surface area contributed by atoms with E-state index in [9.17, 15) is 0 Å². The molecule has 2 heterocycles. The van der Waals surface area contributed by atoms with E-state index in [4.69, 9.17) is 4.74 Å². The molecule has 3 rings (SSSR count). The van der Waals surface area contributed by atoms with Gasteiger partial charge in [-0.1, -0.05) is 25.1 Å². The van der Waals surface area contributed by atoms with Crippen LogP contribution in [0.15, 0.2) is 30.3 Å². The fraction of sp³-hybridized carbons (Fsp3) is 0.350. The van der Waals surface area contributed by atoms with Gasteiger partial charge < -0.3 is 10.1 Å². The minimum atomic E-state index is 0.725. The van der Waals surface area contributed by atoms with Gasteiger partial charge in [-0.2, -0.15) is 5.10 Å². The maximum absolute atomic E-state index is 5.41. The van der Waals surface area contributed by atoms with Crippen molar-refractivity contribution in [1.29, 1.82) is 0 Å². The first-order chi connectivity index (χ1) is 12.6. The number of nitrogens with zero attached hydrogens (tertiary/aromatic N) is 3. The molecule has 2 N–H and O–H groups in total. The lowest BCUT2D eigenvalue weighted by Crippen LogP contribution is -2.08. The summed E-state index contributed by atoms with van der Waals surface area (Å²) in [6.45, 7) is 6.85. The second-order valence-corrected chi connectivity index (χ2v) is 6.20. The summed E-state index contributed by atoms with van der Waals surface area (Å²) < 4.78 is 5.41. The van der Waals surface area contributed by atoms with Crippen LogP contribution in [0.3, 0.4) is 0 Å². The molecule has 0 bridgehead atoms. The predicted molar refractivity (Wildman–Crippen MR) is 104 cm³/mol. The van der Waals surface area contributed by atoms with Gasteiger partial charge in [0.1, 0.15) is 23.1 Å². The van der Waals surface area contributed by atoms with Crippen molar-refractivity contribution in [3.05, 3.63) is 53.0 Å². The van der Waals surface area contributed by atoms with E-state index in [1.54, 1.807) is 7.11 Å². The van der Waals surface area contributed by atoms with Crippen molar-refractivity contribution in [2.75, 3.05) is 19.0 Å². The summed E-state index contributed by atoms with van der Waals surface area (Å²) in [6, 6.07) is 10.0. The molecule has 0 fully saturated rings. The lowest BCUT2D eigenvalue weighted by Gasteiger charge is -2.10. The van der Waals surface area contributed by atoms with E-state index in [-0.39, 0.29) is 0 Å². The second-order valence-electron chi connectivity index (χ2n) is 6.20. The highest BCUT2D eigenvalue weighted by atomic mass is 16.5. The Bertz CT molecular complexity index is 888. The van der Waals surface area contributed by atoms with Crippen LogP contribution >= 0.6 is 0 Å². The molecule has 0 unspecified atom stereocenters. The minimum absolute atomic E-state index is 0.725. The largest absolute Gasteiger partial charge is 0.496 e. The van der Waals surface area contributed by atoms with E-state index in [1.165, 1.54) is 5.56 Å². The van der Waals surface area contributed by atoms with Crippen molar-refractivity contribution in [2.24, 2.45) is 0 Å². The number of aromatic nitrogens is 4. The standard InChI is InChI=1S/C20H25N5O/c1-5-16-13(2)20(25-24-16)17-12-19(23-14(3)22-17)21-11-10-15-8-6-7-9-18(15)26-4/h6-9,12H,5,10-11H2,1-4H3,(H,24,25)(H,21,22,23). The van der Waals surface area contributed by atoms with Crippen molar-refractivity contribution in [3.8, 4) is 17.1 Å². The van der Waals surface area contributed by atoms with Crippen LogP contribution in [0.2, 0.25) is 0 Å². The van der Waals surface area contributed by atoms with Crippen LogP contribution in [-0.4, -0.2) is 33.8 Å². The maximum atomic E-state index is 5.41. The van der Waals surface area contributed by atoms with E-state index < -0.39 is 0 Å². The third-order valence-electron chi connectivity index (χ3n) is 4.44. The number of H-pyrrole nitrogens is 1. The Kier molecular flexibility index (Phi) is 5.51. The number of aryl methyl sites for hydroxylation is 2. The SMILES string of the molecule is CCc1[nH]nc(-c2cc(NCCc3ccccc3OC)nc(C)n2)c1C. The fourth-order valence-corrected chi connectivity index (χ4v) is 3.04. The Balaban J connectivity index is 1.74. The molecule has 26 heavy (non-hydrogen) atoms. The number of rotatable bonds is 7. The van der Waals surface area contributed by atoms with E-state index in [2.05, 4.69) is 45.4 Å². The highest BCUT2D eigenvalue weighted by Crippen LogP contribution is 2.24. The molecular weight excluding hydrogens is 326 g/mol. The molecule has 1 aromatic carbocycles. The zero-order valence-electron chi connectivity index (χ0n) is 15.8. The molecule has 0 radical (unpaired) electrons. The van der Waals surface area contributed by atoms with E-state index in [0.29, 0.717) is 0 Å². The second kappa shape index (κ2) is 7.99. The molecule has 0 aliphatic heterocycles. The number of hydrogen-bond acceptors (Lipinski definition) is 5. The fourth-order valence-electron chi connectivity index (χ4n) is 3.04. The molecule has 3 aromatic rings. The van der Waals surface area contributed by atoms with Gasteiger partial charge in [0, 0.05) is 18.3 Å². The van der Waals surface area contributed by atoms with Crippen LogP contribution in [0.4, 0.5) is 5.82 Å². The zero-order valence-corrected chi connectivity index (χ0v) is 15.8. The van der Waals surface area contributed by atoms with Crippen LogP contribution in [0.1, 0.15) is 29.6 Å². The van der Waals surface area contributed by atoms with Crippen LogP contribution in [0.25, 0.3) is 11.4 Å². The lowest BCUT2D eigenvalue weighted by molar-refractivity contribution is 0.410. The van der Waals surface area contributed by atoms with Gasteiger partial charge in [0.25, 0.3) is 0 Å². The third-order valence-corrected chi connectivity index (χ3v) is 4.44. The first-order valence-electron chi connectivity index (χ1n) is 8.88. The number of methoxy groups -OCH3 is 1. The smallest absolute Gasteiger partial charge is 0.130 e. The van der Waals surface area contributed by atoms with Crippen molar-refractivity contribution in [1.82, 2.24) is 20.2 Å². The average Bonchev–Trinajstić information content (AvgIpc) is 3.02. The Labute approximate surface area is 154 Å². The first kappa shape index (κ1) is 17.9. The molecule has 0 aliphatic carbocycles. The summed E-state index contributed by atoms with van der Waals surface area (Å²) in [4.78, 5) is 9.05. The van der Waals surface area contributed by atoms with Crippen molar-refractivity contribution < 1.29 is 4.74 Å². The molecule has 0 spiro atoms. The summed E-state index contributed by atoms with van der Waals surface area (Å²) in [5.41, 5.74) is 5.18. The Morgan fingerprint density at radius 1 is 1.15 bits per heavy atom. The van der Waals surface area contributed by atoms with Gasteiger partial charge in [-0.05, 0) is 43.9 Å². The van der Waals surface area contributed by atoms with Crippen LogP contribution < -0.4 is 10.1 Å². The number of ether oxygens (including phenoxy) is 1. The van der Waals surface area contributed by atoms with E-state index in [1.807, 2.05) is 31.2 Å². The van der Waals surface area contributed by atoms with Gasteiger partial charge in [-0.25, -0.2) is 9.97 Å². The first-order valence-corrected chi connectivity index (χ1v) is 8.88. The van der Waals surface area contributed by atoms with Gasteiger partial charge in [-0.3, -0.25) is 5.10 Å². The Morgan fingerprint density at radius 2 is 1.96 bits per heavy atom. The molecule has 0 saturated carbocycles. The molecule has 6 heteroatoms. The topological polar surface area (TPSA) is 75.7 Å². The summed E-state index contributed by atoms with van der Waals surface area (Å²) in [5.74, 6) is 2.44. The highest BCUT2D eigenvalue weighted by Gasteiger charge is 2.13. The van der Waals surface area contributed by atoms with Crippen molar-refractivity contribution in [3.63, 3.8) is 0 Å². The molecule has 0 amide bonds. The van der Waals surface area contributed by atoms with Gasteiger partial charge in [0.05, 0.1) is 12.8 Å². The van der Waals surface area contributed by atoms with Crippen LogP contribution in [-0.2, 0) is 12.8 Å². The number of nitrogens with one attached hydrogen (secondary N) is 2. The summed E-state index contributed by atoms with van der Waals surface area (Å²) in [7, 11) is 1.70. The minimum Gasteiger partial charge on any atom is -0.496 e. The average molecular weight is 351 g/mol. The summed E-state index contributed by atoms with van der Waals surface area (Å²) in [5, 5.41) is 10.9. The number of para-hydroxylation sites is 1. The quantitative estimate of drug-likeness (QED) is 0.679. The third kappa shape index (κ3) is 3.85. The monoisotopic (exact) mass is 351 g/mol. The van der Waals surface area contributed by atoms with E-state index >= 15 is 0 Å². The van der Waals surface area contributed by atoms with Crippen molar-refractivity contribution in [2.45, 2.75) is 33.6 Å².